The Bertz CT molecular complexity index is 482. The van der Waals surface area contributed by atoms with Crippen molar-refractivity contribution in [1.82, 2.24) is 4.98 Å². The fraction of sp³-hybridized carbons (Fsp3) is 0.462. The van der Waals surface area contributed by atoms with Gasteiger partial charge in [-0.3, -0.25) is 0 Å². The smallest absolute Gasteiger partial charge is 0.195 e. The zero-order valence-corrected chi connectivity index (χ0v) is 9.79. The van der Waals surface area contributed by atoms with E-state index in [1.807, 2.05) is 0 Å². The number of nitrogens with zero attached hydrogens (tertiary/aromatic N) is 1. The van der Waals surface area contributed by atoms with Crippen molar-refractivity contribution in [3.8, 4) is 0 Å². The molecule has 0 aliphatic heterocycles. The van der Waals surface area contributed by atoms with E-state index in [1.165, 1.54) is 11.1 Å². The molecule has 15 heavy (non-hydrogen) atoms. The molecule has 0 spiro atoms. The minimum absolute atomic E-state index is 0.583. The lowest BCUT2D eigenvalue weighted by molar-refractivity contribution is 0.481. The summed E-state index contributed by atoms with van der Waals surface area (Å²) in [7, 11) is 0. The van der Waals surface area contributed by atoms with Crippen LogP contribution in [0.4, 0.5) is 0 Å². The Morgan fingerprint density at radius 3 is 2.67 bits per heavy atom. The first-order valence-corrected chi connectivity index (χ1v) is 5.43. The molecule has 0 fully saturated rings. The lowest BCUT2D eigenvalue weighted by Crippen LogP contribution is -1.93. The minimum atomic E-state index is 0.583. The molecule has 2 rings (SSSR count). The van der Waals surface area contributed by atoms with E-state index >= 15 is 0 Å². The monoisotopic (exact) mass is 203 g/mol. The third-order valence-electron chi connectivity index (χ3n) is 2.45. The fourth-order valence-electron chi connectivity index (χ4n) is 1.86. The highest BCUT2D eigenvalue weighted by molar-refractivity contribution is 5.77. The van der Waals surface area contributed by atoms with Crippen molar-refractivity contribution in [3.05, 3.63) is 29.2 Å². The molecule has 0 saturated carbocycles. The van der Waals surface area contributed by atoms with Crippen molar-refractivity contribution in [3.63, 3.8) is 0 Å². The predicted molar refractivity (Wildman–Crippen MR) is 62.0 cm³/mol. The van der Waals surface area contributed by atoms with Crippen LogP contribution in [0.3, 0.4) is 0 Å². The van der Waals surface area contributed by atoms with Gasteiger partial charge in [0.1, 0.15) is 5.52 Å². The minimum Gasteiger partial charge on any atom is -0.440 e. The van der Waals surface area contributed by atoms with Gasteiger partial charge in [0.05, 0.1) is 0 Å². The van der Waals surface area contributed by atoms with Crippen LogP contribution in [0.5, 0.6) is 0 Å². The van der Waals surface area contributed by atoms with Crippen molar-refractivity contribution in [2.24, 2.45) is 5.92 Å². The Morgan fingerprint density at radius 2 is 2.00 bits per heavy atom. The number of aromatic nitrogens is 1. The average molecular weight is 203 g/mol. The van der Waals surface area contributed by atoms with Gasteiger partial charge in [0, 0.05) is 6.42 Å². The van der Waals surface area contributed by atoms with Crippen LogP contribution in [0.2, 0.25) is 0 Å². The van der Waals surface area contributed by atoms with E-state index in [2.05, 4.69) is 44.8 Å². The molecule has 1 aromatic carbocycles. The summed E-state index contributed by atoms with van der Waals surface area (Å²) < 4.78 is 5.75. The molecular weight excluding hydrogens is 186 g/mol. The van der Waals surface area contributed by atoms with Gasteiger partial charge in [0.15, 0.2) is 11.5 Å². The van der Waals surface area contributed by atoms with Crippen LogP contribution in [0.1, 0.15) is 30.9 Å². The molecule has 0 radical (unpaired) electrons. The molecule has 0 amide bonds. The Labute approximate surface area is 90.3 Å². The number of fused-ring (bicyclic) bond motifs is 1. The lowest BCUT2D eigenvalue weighted by atomic mass is 10.1. The fourth-order valence-corrected chi connectivity index (χ4v) is 1.86. The van der Waals surface area contributed by atoms with Crippen molar-refractivity contribution in [1.29, 1.82) is 0 Å². The number of aryl methyl sites for hydroxylation is 2. The highest BCUT2D eigenvalue weighted by Gasteiger charge is 2.09. The second kappa shape index (κ2) is 3.69. The number of hydrogen-bond donors (Lipinski definition) is 0. The van der Waals surface area contributed by atoms with E-state index in [0.717, 1.165) is 23.4 Å². The summed E-state index contributed by atoms with van der Waals surface area (Å²) in [5.41, 5.74) is 4.34. The Balaban J connectivity index is 2.50. The zero-order valence-electron chi connectivity index (χ0n) is 9.79. The summed E-state index contributed by atoms with van der Waals surface area (Å²) in [4.78, 5) is 4.51. The molecule has 2 nitrogen and oxygen atoms in total. The van der Waals surface area contributed by atoms with Gasteiger partial charge in [-0.05, 0) is 37.0 Å². The molecular formula is C13H17NO. The van der Waals surface area contributed by atoms with Crippen LogP contribution in [0.25, 0.3) is 11.1 Å². The second-order valence-corrected chi connectivity index (χ2v) is 4.64. The summed E-state index contributed by atoms with van der Waals surface area (Å²) in [5.74, 6) is 1.44. The normalized spacial score (nSPS) is 11.5. The molecule has 1 heterocycles. The first kappa shape index (κ1) is 10.2. The molecule has 0 N–H and O–H groups in total. The highest BCUT2D eigenvalue weighted by Crippen LogP contribution is 2.22. The lowest BCUT2D eigenvalue weighted by Gasteiger charge is -1.97. The molecule has 0 bridgehead atoms. The molecule has 0 saturated heterocycles. The van der Waals surface area contributed by atoms with Gasteiger partial charge in [-0.1, -0.05) is 19.9 Å². The first-order valence-electron chi connectivity index (χ1n) is 5.43. The van der Waals surface area contributed by atoms with Crippen LogP contribution in [0.15, 0.2) is 16.5 Å². The summed E-state index contributed by atoms with van der Waals surface area (Å²) in [6, 6.07) is 4.21. The van der Waals surface area contributed by atoms with Gasteiger partial charge < -0.3 is 4.42 Å². The van der Waals surface area contributed by atoms with Crippen molar-refractivity contribution < 1.29 is 4.42 Å². The SMILES string of the molecule is Cc1cc(C)c2oc(CC(C)C)nc2c1. The first-order chi connectivity index (χ1) is 7.06. The second-order valence-electron chi connectivity index (χ2n) is 4.64. The largest absolute Gasteiger partial charge is 0.440 e. The molecule has 0 unspecified atom stereocenters. The van der Waals surface area contributed by atoms with E-state index in [4.69, 9.17) is 4.42 Å². The van der Waals surface area contributed by atoms with E-state index in [9.17, 15) is 0 Å². The number of rotatable bonds is 2. The highest BCUT2D eigenvalue weighted by atomic mass is 16.3. The standard InChI is InChI=1S/C13H17NO/c1-8(2)5-12-14-11-7-9(3)6-10(4)13(11)15-12/h6-8H,5H2,1-4H3. The molecule has 2 aromatic rings. The third-order valence-corrected chi connectivity index (χ3v) is 2.45. The molecule has 1 aromatic heterocycles. The molecule has 2 heteroatoms. The molecule has 80 valence electrons. The molecule has 0 aliphatic rings. The molecule has 0 atom stereocenters. The maximum Gasteiger partial charge on any atom is 0.195 e. The van der Waals surface area contributed by atoms with E-state index < -0.39 is 0 Å². The van der Waals surface area contributed by atoms with Crippen LogP contribution in [0, 0.1) is 19.8 Å². The Hall–Kier alpha value is -1.31. The van der Waals surface area contributed by atoms with Crippen LogP contribution in [-0.4, -0.2) is 4.98 Å². The summed E-state index contributed by atoms with van der Waals surface area (Å²) >= 11 is 0. The van der Waals surface area contributed by atoms with Gasteiger partial charge in [0.25, 0.3) is 0 Å². The van der Waals surface area contributed by atoms with Gasteiger partial charge in [-0.25, -0.2) is 4.98 Å². The number of oxazole rings is 1. The van der Waals surface area contributed by atoms with Crippen LogP contribution in [-0.2, 0) is 6.42 Å². The van der Waals surface area contributed by atoms with Gasteiger partial charge in [-0.2, -0.15) is 0 Å². The Morgan fingerprint density at radius 1 is 1.27 bits per heavy atom. The van der Waals surface area contributed by atoms with Crippen molar-refractivity contribution in [2.75, 3.05) is 0 Å². The molecule has 0 aliphatic carbocycles. The van der Waals surface area contributed by atoms with Gasteiger partial charge in [-0.15, -0.1) is 0 Å². The maximum absolute atomic E-state index is 5.75. The Kier molecular flexibility index (Phi) is 2.51. The average Bonchev–Trinajstić information content (AvgIpc) is 2.45. The number of benzene rings is 1. The summed E-state index contributed by atoms with van der Waals surface area (Å²) in [6.45, 7) is 8.50. The van der Waals surface area contributed by atoms with Gasteiger partial charge in [0.2, 0.25) is 0 Å². The van der Waals surface area contributed by atoms with Crippen LogP contribution >= 0.6 is 0 Å². The summed E-state index contributed by atoms with van der Waals surface area (Å²) in [5, 5.41) is 0. The topological polar surface area (TPSA) is 26.0 Å². The van der Waals surface area contributed by atoms with Crippen LogP contribution < -0.4 is 0 Å². The van der Waals surface area contributed by atoms with Crippen molar-refractivity contribution >= 4 is 11.1 Å². The van der Waals surface area contributed by atoms with E-state index in [0.29, 0.717) is 5.92 Å². The van der Waals surface area contributed by atoms with E-state index in [-0.39, 0.29) is 0 Å². The maximum atomic E-state index is 5.75. The quantitative estimate of drug-likeness (QED) is 0.744. The number of hydrogen-bond acceptors (Lipinski definition) is 2. The summed E-state index contributed by atoms with van der Waals surface area (Å²) in [6.07, 6.45) is 0.910. The zero-order chi connectivity index (χ0) is 11.0. The van der Waals surface area contributed by atoms with Crippen molar-refractivity contribution in [2.45, 2.75) is 34.1 Å². The predicted octanol–water partition coefficient (Wildman–Crippen LogP) is 3.64. The van der Waals surface area contributed by atoms with Gasteiger partial charge >= 0.3 is 0 Å². The third kappa shape index (κ3) is 2.04. The van der Waals surface area contributed by atoms with E-state index in [1.54, 1.807) is 0 Å².